The molecular formula is C12H16FNO4S. The molecule has 0 N–H and O–H groups in total. The fraction of sp³-hybridized carbons (Fsp3) is 0.417. The van der Waals surface area contributed by atoms with E-state index in [0.717, 1.165) is 10.4 Å². The SMILES string of the molecule is CCN(CCC(=O)OC)S(=O)(=O)c1ccccc1F. The maximum Gasteiger partial charge on any atom is 0.306 e. The van der Waals surface area contributed by atoms with Gasteiger partial charge in [-0.2, -0.15) is 4.31 Å². The minimum Gasteiger partial charge on any atom is -0.469 e. The topological polar surface area (TPSA) is 63.7 Å². The van der Waals surface area contributed by atoms with Crippen molar-refractivity contribution in [3.8, 4) is 0 Å². The van der Waals surface area contributed by atoms with Crippen LogP contribution in [0.1, 0.15) is 13.3 Å². The number of ether oxygens (including phenoxy) is 1. The average Bonchev–Trinajstić information content (AvgIpc) is 2.39. The third-order valence-corrected chi connectivity index (χ3v) is 4.61. The van der Waals surface area contributed by atoms with Gasteiger partial charge in [0.25, 0.3) is 0 Å². The molecule has 0 radical (unpaired) electrons. The Labute approximate surface area is 112 Å². The summed E-state index contributed by atoms with van der Waals surface area (Å²) in [7, 11) is -2.71. The number of esters is 1. The lowest BCUT2D eigenvalue weighted by atomic mass is 10.3. The Balaban J connectivity index is 2.97. The third kappa shape index (κ3) is 3.74. The van der Waals surface area contributed by atoms with E-state index in [1.54, 1.807) is 6.92 Å². The molecule has 7 heteroatoms. The van der Waals surface area contributed by atoms with Crippen LogP contribution in [0.3, 0.4) is 0 Å². The van der Waals surface area contributed by atoms with Crippen molar-refractivity contribution < 1.29 is 22.3 Å². The molecule has 106 valence electrons. The van der Waals surface area contributed by atoms with E-state index in [-0.39, 0.29) is 24.4 Å². The number of rotatable bonds is 6. The molecule has 0 heterocycles. The molecule has 0 spiro atoms. The molecule has 0 bridgehead atoms. The Hall–Kier alpha value is -1.47. The van der Waals surface area contributed by atoms with Crippen molar-refractivity contribution in [1.82, 2.24) is 4.31 Å². The first-order chi connectivity index (χ1) is 8.93. The zero-order chi connectivity index (χ0) is 14.5. The van der Waals surface area contributed by atoms with E-state index in [9.17, 15) is 17.6 Å². The summed E-state index contributed by atoms with van der Waals surface area (Å²) >= 11 is 0. The minimum atomic E-state index is -3.94. The predicted octanol–water partition coefficient (Wildman–Crippen LogP) is 1.40. The number of halogens is 1. The zero-order valence-electron chi connectivity index (χ0n) is 10.8. The normalized spacial score (nSPS) is 11.6. The highest BCUT2D eigenvalue weighted by molar-refractivity contribution is 7.89. The molecule has 5 nitrogen and oxygen atoms in total. The van der Waals surface area contributed by atoms with Gasteiger partial charge in [0.1, 0.15) is 10.7 Å². The van der Waals surface area contributed by atoms with Crippen LogP contribution in [0.5, 0.6) is 0 Å². The molecule has 0 amide bonds. The molecule has 0 aliphatic carbocycles. The first-order valence-electron chi connectivity index (χ1n) is 5.75. The summed E-state index contributed by atoms with van der Waals surface area (Å²) in [5.41, 5.74) is 0. The summed E-state index contributed by atoms with van der Waals surface area (Å²) in [6.07, 6.45) is -0.0714. The van der Waals surface area contributed by atoms with Crippen LogP contribution >= 0.6 is 0 Å². The van der Waals surface area contributed by atoms with Crippen LogP contribution in [0.25, 0.3) is 0 Å². The van der Waals surface area contributed by atoms with Crippen LogP contribution < -0.4 is 0 Å². The second-order valence-electron chi connectivity index (χ2n) is 3.75. The van der Waals surface area contributed by atoms with Gasteiger partial charge in [0, 0.05) is 13.1 Å². The molecule has 1 aromatic rings. The Morgan fingerprint density at radius 3 is 2.53 bits per heavy atom. The monoisotopic (exact) mass is 289 g/mol. The van der Waals surface area contributed by atoms with Crippen molar-refractivity contribution in [3.63, 3.8) is 0 Å². The maximum atomic E-state index is 13.5. The molecule has 19 heavy (non-hydrogen) atoms. The second kappa shape index (κ2) is 6.63. The van der Waals surface area contributed by atoms with Crippen LogP contribution in [-0.2, 0) is 19.6 Å². The molecule has 0 atom stereocenters. The van der Waals surface area contributed by atoms with Gasteiger partial charge in [-0.05, 0) is 12.1 Å². The van der Waals surface area contributed by atoms with Crippen LogP contribution in [0, 0.1) is 5.82 Å². The molecule has 1 aromatic carbocycles. The second-order valence-corrected chi connectivity index (χ2v) is 5.66. The number of carbonyl (C=O) groups excluding carboxylic acids is 1. The average molecular weight is 289 g/mol. The smallest absolute Gasteiger partial charge is 0.306 e. The van der Waals surface area contributed by atoms with E-state index in [0.29, 0.717) is 0 Å². The van der Waals surface area contributed by atoms with Crippen molar-refractivity contribution in [2.24, 2.45) is 0 Å². The zero-order valence-corrected chi connectivity index (χ0v) is 11.6. The van der Waals surface area contributed by atoms with Gasteiger partial charge < -0.3 is 4.74 Å². The van der Waals surface area contributed by atoms with Gasteiger partial charge in [-0.1, -0.05) is 19.1 Å². The molecule has 0 saturated carbocycles. The van der Waals surface area contributed by atoms with E-state index in [4.69, 9.17) is 0 Å². The van der Waals surface area contributed by atoms with Crippen LogP contribution in [0.2, 0.25) is 0 Å². The van der Waals surface area contributed by atoms with E-state index in [1.807, 2.05) is 0 Å². The highest BCUT2D eigenvalue weighted by atomic mass is 32.2. The van der Waals surface area contributed by atoms with Crippen LogP contribution in [0.15, 0.2) is 29.2 Å². The number of methoxy groups -OCH3 is 1. The summed E-state index contributed by atoms with van der Waals surface area (Å²) in [5, 5.41) is 0. The molecule has 1 rings (SSSR count). The summed E-state index contributed by atoms with van der Waals surface area (Å²) in [6, 6.07) is 5.15. The first kappa shape index (κ1) is 15.6. The van der Waals surface area contributed by atoms with Gasteiger partial charge in [0.2, 0.25) is 10.0 Å². The number of hydrogen-bond acceptors (Lipinski definition) is 4. The highest BCUT2D eigenvalue weighted by Gasteiger charge is 2.26. The number of hydrogen-bond donors (Lipinski definition) is 0. The third-order valence-electron chi connectivity index (χ3n) is 2.60. The summed E-state index contributed by atoms with van der Waals surface area (Å²) < 4.78 is 43.5. The number of sulfonamides is 1. The Bertz CT molecular complexity index is 544. The molecule has 0 saturated heterocycles. The van der Waals surface area contributed by atoms with Gasteiger partial charge in [-0.15, -0.1) is 0 Å². The Morgan fingerprint density at radius 1 is 1.37 bits per heavy atom. The van der Waals surface area contributed by atoms with Crippen molar-refractivity contribution in [3.05, 3.63) is 30.1 Å². The largest absolute Gasteiger partial charge is 0.469 e. The van der Waals surface area contributed by atoms with E-state index >= 15 is 0 Å². The molecule has 0 aliphatic rings. The molecule has 0 aromatic heterocycles. The van der Waals surface area contributed by atoms with Crippen LogP contribution in [-0.4, -0.2) is 38.9 Å². The summed E-state index contributed by atoms with van der Waals surface area (Å²) in [5.74, 6) is -1.32. The lowest BCUT2D eigenvalue weighted by Crippen LogP contribution is -2.33. The number of nitrogens with zero attached hydrogens (tertiary/aromatic N) is 1. The van der Waals surface area contributed by atoms with Gasteiger partial charge in [-0.3, -0.25) is 4.79 Å². The van der Waals surface area contributed by atoms with Crippen molar-refractivity contribution in [1.29, 1.82) is 0 Å². The van der Waals surface area contributed by atoms with E-state index < -0.39 is 21.8 Å². The van der Waals surface area contributed by atoms with Gasteiger partial charge in [-0.25, -0.2) is 12.8 Å². The molecule has 0 aliphatic heterocycles. The Morgan fingerprint density at radius 2 is 2.00 bits per heavy atom. The molecule has 0 fully saturated rings. The fourth-order valence-corrected chi connectivity index (χ4v) is 3.07. The van der Waals surface area contributed by atoms with Crippen LogP contribution in [0.4, 0.5) is 4.39 Å². The summed E-state index contributed by atoms with van der Waals surface area (Å²) in [4.78, 5) is 10.7. The van der Waals surface area contributed by atoms with Gasteiger partial charge >= 0.3 is 5.97 Å². The molecular weight excluding hydrogens is 273 g/mol. The van der Waals surface area contributed by atoms with E-state index in [1.165, 1.54) is 25.3 Å². The quantitative estimate of drug-likeness (QED) is 0.743. The van der Waals surface area contributed by atoms with Gasteiger partial charge in [0.05, 0.1) is 13.5 Å². The Kier molecular flexibility index (Phi) is 5.44. The fourth-order valence-electron chi connectivity index (χ4n) is 1.56. The lowest BCUT2D eigenvalue weighted by molar-refractivity contribution is -0.140. The number of carbonyl (C=O) groups is 1. The van der Waals surface area contributed by atoms with Crippen molar-refractivity contribution >= 4 is 16.0 Å². The van der Waals surface area contributed by atoms with Crippen molar-refractivity contribution in [2.45, 2.75) is 18.2 Å². The standard InChI is InChI=1S/C12H16FNO4S/c1-3-14(9-8-12(15)18-2)19(16,17)11-7-5-4-6-10(11)13/h4-7H,3,8-9H2,1-2H3. The van der Waals surface area contributed by atoms with Gasteiger partial charge in [0.15, 0.2) is 0 Å². The lowest BCUT2D eigenvalue weighted by Gasteiger charge is -2.20. The first-order valence-corrected chi connectivity index (χ1v) is 7.19. The number of benzene rings is 1. The maximum absolute atomic E-state index is 13.5. The minimum absolute atomic E-state index is 0.0418. The predicted molar refractivity (Wildman–Crippen MR) is 67.5 cm³/mol. The molecule has 0 unspecified atom stereocenters. The highest BCUT2D eigenvalue weighted by Crippen LogP contribution is 2.18. The summed E-state index contributed by atoms with van der Waals surface area (Å²) in [6.45, 7) is 1.73. The van der Waals surface area contributed by atoms with Crippen molar-refractivity contribution in [2.75, 3.05) is 20.2 Å². The van der Waals surface area contributed by atoms with E-state index in [2.05, 4.69) is 4.74 Å².